The van der Waals surface area contributed by atoms with E-state index < -0.39 is 0 Å². The van der Waals surface area contributed by atoms with Crippen molar-refractivity contribution in [3.63, 3.8) is 0 Å². The Balaban J connectivity index is 2.99. The Kier molecular flexibility index (Phi) is 15.4. The standard InChI is InChI=1S/C16H32O/c1-3-4-5-6-7-8-9-10-11-12-13-14-15-16-17-2/h8-9H,3-7,10-16H2,1-2H3. The summed E-state index contributed by atoms with van der Waals surface area (Å²) in [6.07, 6.45) is 19.5. The summed E-state index contributed by atoms with van der Waals surface area (Å²) < 4.78 is 5.03. The van der Waals surface area contributed by atoms with Crippen LogP contribution in [0.1, 0.15) is 77.6 Å². The highest BCUT2D eigenvalue weighted by atomic mass is 16.5. The summed E-state index contributed by atoms with van der Waals surface area (Å²) in [7, 11) is 1.78. The Hall–Kier alpha value is -0.300. The van der Waals surface area contributed by atoms with Crippen LogP contribution in [0.4, 0.5) is 0 Å². The topological polar surface area (TPSA) is 9.23 Å². The van der Waals surface area contributed by atoms with E-state index in [0.29, 0.717) is 0 Å². The molecule has 0 spiro atoms. The number of hydrogen-bond donors (Lipinski definition) is 0. The van der Waals surface area contributed by atoms with Gasteiger partial charge in [0.2, 0.25) is 0 Å². The molecule has 1 heteroatoms. The molecule has 1 nitrogen and oxygen atoms in total. The summed E-state index contributed by atoms with van der Waals surface area (Å²) in [5, 5.41) is 0. The Labute approximate surface area is 109 Å². The first kappa shape index (κ1) is 16.7. The number of ether oxygens (including phenoxy) is 1. The van der Waals surface area contributed by atoms with Crippen molar-refractivity contribution >= 4 is 0 Å². The molecule has 0 aromatic heterocycles. The Bertz CT molecular complexity index is 152. The van der Waals surface area contributed by atoms with Crippen LogP contribution in [0, 0.1) is 0 Å². The summed E-state index contributed by atoms with van der Waals surface area (Å²) in [6.45, 7) is 3.19. The average molecular weight is 240 g/mol. The van der Waals surface area contributed by atoms with Gasteiger partial charge in [-0.3, -0.25) is 0 Å². The molecule has 17 heavy (non-hydrogen) atoms. The van der Waals surface area contributed by atoms with Gasteiger partial charge in [-0.25, -0.2) is 0 Å². The molecule has 0 amide bonds. The lowest BCUT2D eigenvalue weighted by molar-refractivity contribution is 0.192. The predicted octanol–water partition coefficient (Wildman–Crippen LogP) is 5.50. The van der Waals surface area contributed by atoms with Crippen LogP contribution in [-0.4, -0.2) is 13.7 Å². The van der Waals surface area contributed by atoms with E-state index in [9.17, 15) is 0 Å². The van der Waals surface area contributed by atoms with Crippen molar-refractivity contribution in [3.05, 3.63) is 12.2 Å². The minimum Gasteiger partial charge on any atom is -0.385 e. The van der Waals surface area contributed by atoms with Gasteiger partial charge in [0.1, 0.15) is 0 Å². The quantitative estimate of drug-likeness (QED) is 0.305. The molecule has 0 unspecified atom stereocenters. The molecule has 0 rings (SSSR count). The van der Waals surface area contributed by atoms with Gasteiger partial charge in [0.05, 0.1) is 0 Å². The lowest BCUT2D eigenvalue weighted by Gasteiger charge is -1.99. The van der Waals surface area contributed by atoms with E-state index in [-0.39, 0.29) is 0 Å². The fourth-order valence-electron chi connectivity index (χ4n) is 1.96. The highest BCUT2D eigenvalue weighted by Gasteiger charge is 1.89. The number of hydrogen-bond acceptors (Lipinski definition) is 1. The molecule has 0 aromatic carbocycles. The molecule has 102 valence electrons. The fraction of sp³-hybridized carbons (Fsp3) is 0.875. The molecule has 0 radical (unpaired) electrons. The third-order valence-electron chi connectivity index (χ3n) is 3.11. The Morgan fingerprint density at radius 3 is 1.82 bits per heavy atom. The smallest absolute Gasteiger partial charge is 0.0462 e. The van der Waals surface area contributed by atoms with Crippen LogP contribution in [0.3, 0.4) is 0 Å². The lowest BCUT2D eigenvalue weighted by atomic mass is 10.1. The molecule has 0 saturated carbocycles. The summed E-state index contributed by atoms with van der Waals surface area (Å²) in [5.41, 5.74) is 0. The van der Waals surface area contributed by atoms with E-state index in [1.165, 1.54) is 70.6 Å². The molecule has 0 N–H and O–H groups in total. The van der Waals surface area contributed by atoms with Crippen molar-refractivity contribution in [2.75, 3.05) is 13.7 Å². The third kappa shape index (κ3) is 15.7. The zero-order chi connectivity index (χ0) is 12.6. The summed E-state index contributed by atoms with van der Waals surface area (Å²) in [6, 6.07) is 0. The maximum Gasteiger partial charge on any atom is 0.0462 e. The molecule has 0 heterocycles. The fourth-order valence-corrected chi connectivity index (χ4v) is 1.96. The summed E-state index contributed by atoms with van der Waals surface area (Å²) in [5.74, 6) is 0. The molecule has 0 aliphatic heterocycles. The van der Waals surface area contributed by atoms with Gasteiger partial charge in [-0.15, -0.1) is 0 Å². The lowest BCUT2D eigenvalue weighted by Crippen LogP contribution is -1.87. The number of allylic oxidation sites excluding steroid dienone is 2. The van der Waals surface area contributed by atoms with Gasteiger partial charge in [-0.1, -0.05) is 57.6 Å². The monoisotopic (exact) mass is 240 g/mol. The number of unbranched alkanes of at least 4 members (excludes halogenated alkanes) is 9. The van der Waals surface area contributed by atoms with Crippen LogP contribution in [0.15, 0.2) is 12.2 Å². The van der Waals surface area contributed by atoms with Gasteiger partial charge >= 0.3 is 0 Å². The van der Waals surface area contributed by atoms with Crippen molar-refractivity contribution in [1.82, 2.24) is 0 Å². The maximum absolute atomic E-state index is 5.03. The zero-order valence-corrected chi connectivity index (χ0v) is 12.0. The van der Waals surface area contributed by atoms with Gasteiger partial charge in [-0.05, 0) is 32.1 Å². The van der Waals surface area contributed by atoms with Crippen molar-refractivity contribution in [3.8, 4) is 0 Å². The minimum atomic E-state index is 0.928. The van der Waals surface area contributed by atoms with Crippen LogP contribution >= 0.6 is 0 Å². The molecular weight excluding hydrogens is 208 g/mol. The van der Waals surface area contributed by atoms with E-state index in [4.69, 9.17) is 4.74 Å². The molecule has 0 fully saturated rings. The predicted molar refractivity (Wildman–Crippen MR) is 77.5 cm³/mol. The second-order valence-corrected chi connectivity index (χ2v) is 4.87. The second-order valence-electron chi connectivity index (χ2n) is 4.87. The molecule has 0 aliphatic carbocycles. The van der Waals surface area contributed by atoms with Gasteiger partial charge in [0, 0.05) is 13.7 Å². The van der Waals surface area contributed by atoms with Gasteiger partial charge in [-0.2, -0.15) is 0 Å². The summed E-state index contributed by atoms with van der Waals surface area (Å²) in [4.78, 5) is 0. The number of rotatable bonds is 13. The normalized spacial score (nSPS) is 11.4. The largest absolute Gasteiger partial charge is 0.385 e. The highest BCUT2D eigenvalue weighted by Crippen LogP contribution is 2.07. The van der Waals surface area contributed by atoms with Gasteiger partial charge in [0.15, 0.2) is 0 Å². The van der Waals surface area contributed by atoms with E-state index in [2.05, 4.69) is 19.1 Å². The maximum atomic E-state index is 5.03. The molecule has 0 atom stereocenters. The first-order valence-corrected chi connectivity index (χ1v) is 7.55. The van der Waals surface area contributed by atoms with Crippen LogP contribution in [-0.2, 0) is 4.74 Å². The Morgan fingerprint density at radius 2 is 1.24 bits per heavy atom. The van der Waals surface area contributed by atoms with Crippen LogP contribution in [0.5, 0.6) is 0 Å². The highest BCUT2D eigenvalue weighted by molar-refractivity contribution is 4.81. The van der Waals surface area contributed by atoms with E-state index in [1.807, 2.05) is 0 Å². The zero-order valence-electron chi connectivity index (χ0n) is 12.0. The first-order chi connectivity index (χ1) is 8.41. The Morgan fingerprint density at radius 1 is 0.706 bits per heavy atom. The third-order valence-corrected chi connectivity index (χ3v) is 3.11. The minimum absolute atomic E-state index is 0.928. The molecule has 0 aliphatic rings. The molecule has 0 aromatic rings. The first-order valence-electron chi connectivity index (χ1n) is 7.55. The van der Waals surface area contributed by atoms with Gasteiger partial charge < -0.3 is 4.74 Å². The van der Waals surface area contributed by atoms with Crippen LogP contribution < -0.4 is 0 Å². The van der Waals surface area contributed by atoms with Crippen molar-refractivity contribution in [2.45, 2.75) is 77.6 Å². The van der Waals surface area contributed by atoms with Gasteiger partial charge in [0.25, 0.3) is 0 Å². The molecule has 0 saturated heterocycles. The van der Waals surface area contributed by atoms with E-state index in [0.717, 1.165) is 6.61 Å². The second kappa shape index (κ2) is 15.7. The molecule has 0 bridgehead atoms. The van der Waals surface area contributed by atoms with E-state index >= 15 is 0 Å². The van der Waals surface area contributed by atoms with Crippen molar-refractivity contribution in [1.29, 1.82) is 0 Å². The van der Waals surface area contributed by atoms with Crippen LogP contribution in [0.25, 0.3) is 0 Å². The van der Waals surface area contributed by atoms with Crippen molar-refractivity contribution < 1.29 is 4.74 Å². The number of methoxy groups -OCH3 is 1. The molecular formula is C16H32O. The average Bonchev–Trinajstić information content (AvgIpc) is 2.35. The van der Waals surface area contributed by atoms with E-state index in [1.54, 1.807) is 7.11 Å². The van der Waals surface area contributed by atoms with Crippen molar-refractivity contribution in [2.24, 2.45) is 0 Å². The van der Waals surface area contributed by atoms with Crippen LogP contribution in [0.2, 0.25) is 0 Å². The summed E-state index contributed by atoms with van der Waals surface area (Å²) >= 11 is 0. The SMILES string of the molecule is CCCCCCC=CCCCCCCCOC.